The monoisotopic (exact) mass is 739 g/mol. The third-order valence-corrected chi connectivity index (χ3v) is 14.7. The Morgan fingerprint density at radius 3 is 2.80 bits per heavy atom. The molecule has 0 unspecified atom stereocenters. The van der Waals surface area contributed by atoms with E-state index in [0.29, 0.717) is 43.1 Å². The van der Waals surface area contributed by atoms with Gasteiger partial charge in [-0.3, -0.25) is 9.69 Å². The van der Waals surface area contributed by atoms with Crippen LogP contribution < -0.4 is 14.4 Å². The lowest BCUT2D eigenvalue weighted by atomic mass is 9.68. The summed E-state index contributed by atoms with van der Waals surface area (Å²) in [4.78, 5) is 18.5. The van der Waals surface area contributed by atoms with Crippen LogP contribution in [0.1, 0.15) is 80.8 Å². The van der Waals surface area contributed by atoms with Gasteiger partial charge in [-0.2, -0.15) is 0 Å². The molecule has 2 fully saturated rings. The number of hydrogen-bond donors (Lipinski definition) is 1. The molecule has 3 aliphatic heterocycles. The Labute approximate surface area is 309 Å². The Kier molecular flexibility index (Phi) is 11.1. The minimum absolute atomic E-state index is 0.0721. The normalized spacial score (nSPS) is 33.2. The fourth-order valence-electron chi connectivity index (χ4n) is 8.99. The molecule has 278 valence electrons. The van der Waals surface area contributed by atoms with Crippen molar-refractivity contribution in [2.24, 2.45) is 17.8 Å². The van der Waals surface area contributed by atoms with Crippen LogP contribution in [0.2, 0.25) is 5.02 Å². The van der Waals surface area contributed by atoms with Gasteiger partial charge in [0, 0.05) is 48.2 Å². The number of fused-ring (bicyclic) bond motifs is 4. The molecule has 0 aromatic heterocycles. The van der Waals surface area contributed by atoms with E-state index in [1.54, 1.807) is 13.0 Å². The Hall–Kier alpha value is -2.63. The van der Waals surface area contributed by atoms with Crippen LogP contribution in [0.5, 0.6) is 5.75 Å². The lowest BCUT2D eigenvalue weighted by molar-refractivity contribution is -0.0479. The molecule has 2 bridgehead atoms. The minimum atomic E-state index is -3.93. The highest BCUT2D eigenvalue weighted by atomic mass is 35.5. The Balaban J connectivity index is 1.22. The molecular weight excluding hydrogens is 686 g/mol. The predicted molar refractivity (Wildman–Crippen MR) is 201 cm³/mol. The highest BCUT2D eigenvalue weighted by Gasteiger charge is 2.45. The van der Waals surface area contributed by atoms with Crippen LogP contribution in [0.4, 0.5) is 5.69 Å². The molecule has 5 aliphatic rings. The number of rotatable bonds is 5. The SMILES string of the molecule is CC[C@@H]1COCCN1CCO[C@H]1/C=C/C[C@H](C)[C@@H](C)S(=O)(=O)NC(=O)c2ccc3c(c2)N(C[C@@H]2CC[C@H]21)C[C@@]1(CCCc2cc(Cl)ccc21)CO3. The molecule has 7 rings (SSSR count). The Morgan fingerprint density at radius 2 is 2.00 bits per heavy atom. The smallest absolute Gasteiger partial charge is 0.264 e. The number of halogens is 1. The number of carbonyl (C=O) groups is 1. The number of aryl methyl sites for hydroxylation is 1. The summed E-state index contributed by atoms with van der Waals surface area (Å²) in [7, 11) is -3.93. The second-order valence-corrected chi connectivity index (χ2v) is 18.1. The third-order valence-electron chi connectivity index (χ3n) is 12.5. The molecular formula is C40H54ClN3O6S. The molecule has 11 heteroatoms. The molecule has 2 aromatic carbocycles. The topological polar surface area (TPSA) is 97.4 Å². The van der Waals surface area contributed by atoms with Crippen molar-refractivity contribution in [1.82, 2.24) is 9.62 Å². The van der Waals surface area contributed by atoms with E-state index < -0.39 is 21.2 Å². The van der Waals surface area contributed by atoms with Crippen LogP contribution in [0.3, 0.4) is 0 Å². The Morgan fingerprint density at radius 1 is 1.14 bits per heavy atom. The molecule has 1 saturated carbocycles. The van der Waals surface area contributed by atoms with E-state index >= 15 is 0 Å². The van der Waals surface area contributed by atoms with Crippen LogP contribution in [0.25, 0.3) is 0 Å². The first-order chi connectivity index (χ1) is 24.6. The summed E-state index contributed by atoms with van der Waals surface area (Å²) < 4.78 is 48.5. The maximum atomic E-state index is 13.6. The first-order valence-electron chi connectivity index (χ1n) is 19.0. The minimum Gasteiger partial charge on any atom is -0.490 e. The number of sulfonamides is 1. The van der Waals surface area contributed by atoms with Gasteiger partial charge in [0.05, 0.1) is 43.5 Å². The van der Waals surface area contributed by atoms with E-state index in [4.69, 9.17) is 25.8 Å². The lowest BCUT2D eigenvalue weighted by Gasteiger charge is -2.46. The summed E-state index contributed by atoms with van der Waals surface area (Å²) in [5, 5.41) is -0.0132. The number of amides is 1. The van der Waals surface area contributed by atoms with Crippen molar-refractivity contribution in [2.45, 2.75) is 88.5 Å². The molecule has 2 aliphatic carbocycles. The maximum absolute atomic E-state index is 13.6. The van der Waals surface area contributed by atoms with Crippen molar-refractivity contribution in [3.8, 4) is 5.75 Å². The quantitative estimate of drug-likeness (QED) is 0.353. The number of morpholine rings is 1. The largest absolute Gasteiger partial charge is 0.490 e. The van der Waals surface area contributed by atoms with E-state index in [0.717, 1.165) is 94.4 Å². The molecule has 1 N–H and O–H groups in total. The van der Waals surface area contributed by atoms with Gasteiger partial charge in [-0.15, -0.1) is 0 Å². The van der Waals surface area contributed by atoms with Crippen molar-refractivity contribution >= 4 is 33.2 Å². The molecule has 1 spiro atoms. The van der Waals surface area contributed by atoms with Gasteiger partial charge in [0.1, 0.15) is 5.75 Å². The molecule has 51 heavy (non-hydrogen) atoms. The van der Waals surface area contributed by atoms with Gasteiger partial charge in [-0.1, -0.05) is 43.7 Å². The summed E-state index contributed by atoms with van der Waals surface area (Å²) in [6, 6.07) is 12.0. The highest BCUT2D eigenvalue weighted by Crippen LogP contribution is 2.47. The van der Waals surface area contributed by atoms with Gasteiger partial charge < -0.3 is 19.1 Å². The first kappa shape index (κ1) is 36.7. The van der Waals surface area contributed by atoms with Crippen LogP contribution in [-0.4, -0.2) is 89.2 Å². The fourth-order valence-corrected chi connectivity index (χ4v) is 10.5. The van der Waals surface area contributed by atoms with Gasteiger partial charge >= 0.3 is 0 Å². The van der Waals surface area contributed by atoms with E-state index in [2.05, 4.69) is 45.7 Å². The van der Waals surface area contributed by atoms with Crippen molar-refractivity contribution in [3.05, 3.63) is 70.3 Å². The van der Waals surface area contributed by atoms with Gasteiger partial charge in [-0.25, -0.2) is 13.1 Å². The van der Waals surface area contributed by atoms with Gasteiger partial charge in [0.2, 0.25) is 10.0 Å². The van der Waals surface area contributed by atoms with Gasteiger partial charge in [0.15, 0.2) is 0 Å². The van der Waals surface area contributed by atoms with Crippen molar-refractivity contribution in [1.29, 1.82) is 0 Å². The number of allylic oxidation sites excluding steroid dienone is 1. The summed E-state index contributed by atoms with van der Waals surface area (Å²) in [5.41, 5.74) is 3.45. The van der Waals surface area contributed by atoms with E-state index in [-0.39, 0.29) is 17.4 Å². The van der Waals surface area contributed by atoms with Gasteiger partial charge in [-0.05, 0) is 111 Å². The van der Waals surface area contributed by atoms with E-state index in [1.807, 2.05) is 25.1 Å². The van der Waals surface area contributed by atoms with Crippen molar-refractivity contribution in [3.63, 3.8) is 0 Å². The van der Waals surface area contributed by atoms with Crippen LogP contribution in [0.15, 0.2) is 48.6 Å². The number of ether oxygens (including phenoxy) is 3. The zero-order valence-corrected chi connectivity index (χ0v) is 31.9. The van der Waals surface area contributed by atoms with Crippen molar-refractivity contribution < 1.29 is 27.4 Å². The van der Waals surface area contributed by atoms with E-state index in [9.17, 15) is 13.2 Å². The Bertz CT molecular complexity index is 1720. The average molecular weight is 740 g/mol. The molecule has 0 radical (unpaired) electrons. The zero-order valence-electron chi connectivity index (χ0n) is 30.3. The fraction of sp³-hybridized carbons (Fsp3) is 0.625. The number of benzene rings is 2. The number of carbonyl (C=O) groups excluding carboxylic acids is 1. The number of anilines is 1. The molecule has 7 atom stereocenters. The van der Waals surface area contributed by atoms with Crippen LogP contribution in [-0.2, 0) is 31.3 Å². The zero-order chi connectivity index (χ0) is 35.8. The molecule has 9 nitrogen and oxygen atoms in total. The number of nitrogens with one attached hydrogen (secondary N) is 1. The molecule has 1 saturated heterocycles. The van der Waals surface area contributed by atoms with Gasteiger partial charge in [0.25, 0.3) is 5.91 Å². The van der Waals surface area contributed by atoms with E-state index in [1.165, 1.54) is 11.1 Å². The number of nitrogens with zero attached hydrogens (tertiary/aromatic N) is 2. The first-order valence-corrected chi connectivity index (χ1v) is 21.0. The summed E-state index contributed by atoms with van der Waals surface area (Å²) in [6.07, 6.45) is 11.0. The summed E-state index contributed by atoms with van der Waals surface area (Å²) >= 11 is 6.48. The molecule has 2 aromatic rings. The molecule has 3 heterocycles. The van der Waals surface area contributed by atoms with Crippen LogP contribution >= 0.6 is 11.6 Å². The highest BCUT2D eigenvalue weighted by molar-refractivity contribution is 7.90. The predicted octanol–water partition coefficient (Wildman–Crippen LogP) is 6.38. The third kappa shape index (κ3) is 7.72. The molecule has 1 amide bonds. The maximum Gasteiger partial charge on any atom is 0.264 e. The lowest BCUT2D eigenvalue weighted by Crippen LogP contribution is -2.50. The standard InChI is InChI=1S/C40H54ClN3O6S/c1-4-33-24-48-19-17-43(33)18-20-49-37-9-5-7-27(2)28(3)51(46,47)42-39(45)30-11-15-38-36(22-30)44(23-31-10-13-34(31)37)25-40(26-50-38)16-6-8-29-21-32(41)12-14-35(29)40/h5,9,11-12,14-15,21-22,27-28,31,33-34,37H,4,6-8,10,13,16-20,23-26H2,1-3H3,(H,42,45)/b9-5+/t27-,28+,31-,33+,34+,37-,40-/m0/s1. The van der Waals surface area contributed by atoms with Crippen molar-refractivity contribution in [2.75, 3.05) is 57.5 Å². The average Bonchev–Trinajstić information content (AvgIpc) is 3.25. The summed E-state index contributed by atoms with van der Waals surface area (Å²) in [5.74, 6) is 0.609. The van der Waals surface area contributed by atoms with Crippen LogP contribution in [0, 0.1) is 17.8 Å². The second kappa shape index (κ2) is 15.4. The number of hydrogen-bond acceptors (Lipinski definition) is 8. The second-order valence-electron chi connectivity index (χ2n) is 15.6. The summed E-state index contributed by atoms with van der Waals surface area (Å²) in [6.45, 7) is 11.8.